The fraction of sp³-hybridized carbons (Fsp3) is 0.455. The topological polar surface area (TPSA) is 48.9 Å². The van der Waals surface area contributed by atoms with E-state index in [1.165, 1.54) is 5.56 Å². The quantitative estimate of drug-likeness (QED) is 0.818. The largest absolute Gasteiger partial charge is 0.363 e. The summed E-state index contributed by atoms with van der Waals surface area (Å²) in [4.78, 5) is 23.7. The summed E-state index contributed by atoms with van der Waals surface area (Å²) in [6, 6.07) is 14.5. The third kappa shape index (κ3) is 2.71. The van der Waals surface area contributed by atoms with Crippen molar-refractivity contribution in [2.45, 2.75) is 37.3 Å². The second-order valence-corrected chi connectivity index (χ2v) is 8.23. The molecule has 5 rings (SSSR count). The highest BCUT2D eigenvalue weighted by Gasteiger charge is 2.63. The number of carbonyl (C=O) groups is 1. The van der Waals surface area contributed by atoms with E-state index in [4.69, 9.17) is 4.74 Å². The van der Waals surface area contributed by atoms with E-state index in [2.05, 4.69) is 28.1 Å². The summed E-state index contributed by atoms with van der Waals surface area (Å²) >= 11 is 0. The normalized spacial score (nSPS) is 29.2. The van der Waals surface area contributed by atoms with Crippen LogP contribution < -0.4 is 4.90 Å². The number of likely N-dealkylation sites (tertiary alicyclic amines) is 1. The van der Waals surface area contributed by atoms with Gasteiger partial charge in [0.15, 0.2) is 5.72 Å². The zero-order valence-corrected chi connectivity index (χ0v) is 16.4. The van der Waals surface area contributed by atoms with E-state index in [0.717, 1.165) is 30.9 Å². The lowest BCUT2D eigenvalue weighted by molar-refractivity contribution is -0.138. The molecule has 1 spiro atoms. The molecule has 3 aliphatic rings. The fourth-order valence-corrected chi connectivity index (χ4v) is 4.95. The van der Waals surface area contributed by atoms with Gasteiger partial charge < -0.3 is 14.5 Å². The molecule has 3 fully saturated rings. The summed E-state index contributed by atoms with van der Waals surface area (Å²) in [6.07, 6.45) is 3.33. The Hall–Kier alpha value is -2.44. The maximum atomic E-state index is 12.8. The van der Waals surface area contributed by atoms with Crippen molar-refractivity contribution >= 4 is 11.7 Å². The van der Waals surface area contributed by atoms with Crippen LogP contribution in [0.1, 0.15) is 30.1 Å². The minimum absolute atomic E-state index is 0.0334. The summed E-state index contributed by atoms with van der Waals surface area (Å²) in [6.45, 7) is 2.39. The first-order chi connectivity index (χ1) is 13.6. The Morgan fingerprint density at radius 1 is 1.21 bits per heavy atom. The zero-order chi connectivity index (χ0) is 19.3. The van der Waals surface area contributed by atoms with Gasteiger partial charge in [-0.2, -0.15) is 0 Å². The molecule has 1 aromatic carbocycles. The highest BCUT2D eigenvalue weighted by Crippen LogP contribution is 2.50. The predicted molar refractivity (Wildman–Crippen MR) is 107 cm³/mol. The van der Waals surface area contributed by atoms with Gasteiger partial charge in [-0.3, -0.25) is 9.69 Å². The Labute approximate surface area is 165 Å². The van der Waals surface area contributed by atoms with Crippen LogP contribution in [-0.4, -0.2) is 59.6 Å². The number of amides is 1. The summed E-state index contributed by atoms with van der Waals surface area (Å²) < 4.78 is 6.61. The number of rotatable bonds is 4. The lowest BCUT2D eigenvalue weighted by atomic mass is 10.1. The van der Waals surface area contributed by atoms with Crippen LogP contribution in [0.5, 0.6) is 0 Å². The highest BCUT2D eigenvalue weighted by molar-refractivity contribution is 5.81. The van der Waals surface area contributed by atoms with Crippen LogP contribution in [0.15, 0.2) is 48.7 Å². The highest BCUT2D eigenvalue weighted by atomic mass is 16.5. The van der Waals surface area contributed by atoms with E-state index in [1.807, 2.05) is 54.4 Å². The van der Waals surface area contributed by atoms with Crippen LogP contribution in [-0.2, 0) is 16.1 Å². The first-order valence-electron chi connectivity index (χ1n) is 9.96. The van der Waals surface area contributed by atoms with Gasteiger partial charge in [0.05, 0.1) is 12.6 Å². The summed E-state index contributed by atoms with van der Waals surface area (Å²) in [5.41, 5.74) is 1.86. The SMILES string of the molecule is CN(C)c1ccc(CN2CC[C@@]34O[C@@H](c5ccccc5)CN3C(=O)C[C@@H]24)cn1. The minimum atomic E-state index is -0.464. The van der Waals surface area contributed by atoms with Gasteiger partial charge in [0.25, 0.3) is 0 Å². The van der Waals surface area contributed by atoms with E-state index in [-0.39, 0.29) is 18.1 Å². The summed E-state index contributed by atoms with van der Waals surface area (Å²) in [7, 11) is 3.98. The summed E-state index contributed by atoms with van der Waals surface area (Å²) in [5, 5.41) is 0. The molecule has 0 aliphatic carbocycles. The molecule has 4 heterocycles. The van der Waals surface area contributed by atoms with Gasteiger partial charge in [-0.1, -0.05) is 36.4 Å². The Balaban J connectivity index is 1.36. The molecule has 1 amide bonds. The van der Waals surface area contributed by atoms with Gasteiger partial charge in [-0.25, -0.2) is 4.98 Å². The smallest absolute Gasteiger partial charge is 0.226 e. The Morgan fingerprint density at radius 2 is 2.04 bits per heavy atom. The van der Waals surface area contributed by atoms with Crippen molar-refractivity contribution in [3.63, 3.8) is 0 Å². The lowest BCUT2D eigenvalue weighted by Crippen LogP contribution is -2.47. The molecule has 0 N–H and O–H groups in total. The number of anilines is 1. The van der Waals surface area contributed by atoms with Crippen molar-refractivity contribution in [2.75, 3.05) is 32.1 Å². The number of benzene rings is 1. The second kappa shape index (κ2) is 6.57. The molecule has 146 valence electrons. The summed E-state index contributed by atoms with van der Waals surface area (Å²) in [5.74, 6) is 1.17. The van der Waals surface area contributed by atoms with Gasteiger partial charge in [-0.05, 0) is 17.2 Å². The molecular weight excluding hydrogens is 352 g/mol. The van der Waals surface area contributed by atoms with Crippen LogP contribution >= 0.6 is 0 Å². The molecular formula is C22H26N4O2. The molecule has 0 radical (unpaired) electrons. The average Bonchev–Trinajstić information content (AvgIpc) is 3.33. The van der Waals surface area contributed by atoms with Gasteiger partial charge in [-0.15, -0.1) is 0 Å². The number of nitrogens with zero attached hydrogens (tertiary/aromatic N) is 4. The molecule has 0 bridgehead atoms. The average molecular weight is 378 g/mol. The van der Waals surface area contributed by atoms with Crippen molar-refractivity contribution in [3.8, 4) is 0 Å². The van der Waals surface area contributed by atoms with Crippen molar-refractivity contribution in [1.82, 2.24) is 14.8 Å². The van der Waals surface area contributed by atoms with Crippen molar-refractivity contribution in [3.05, 3.63) is 59.8 Å². The van der Waals surface area contributed by atoms with Crippen molar-refractivity contribution < 1.29 is 9.53 Å². The van der Waals surface area contributed by atoms with Crippen LogP contribution in [0.25, 0.3) is 0 Å². The minimum Gasteiger partial charge on any atom is -0.363 e. The van der Waals surface area contributed by atoms with E-state index < -0.39 is 5.72 Å². The number of carbonyl (C=O) groups excluding carboxylic acids is 1. The molecule has 3 saturated heterocycles. The molecule has 1 aromatic heterocycles. The molecule has 6 heteroatoms. The maximum Gasteiger partial charge on any atom is 0.226 e. The number of hydrogen-bond donors (Lipinski definition) is 0. The lowest BCUT2D eigenvalue weighted by Gasteiger charge is -2.32. The van der Waals surface area contributed by atoms with Crippen LogP contribution in [0.4, 0.5) is 5.82 Å². The molecule has 3 atom stereocenters. The number of aromatic nitrogens is 1. The van der Waals surface area contributed by atoms with Crippen LogP contribution in [0.2, 0.25) is 0 Å². The first-order valence-corrected chi connectivity index (χ1v) is 9.96. The first kappa shape index (κ1) is 17.6. The molecule has 3 aliphatic heterocycles. The fourth-order valence-electron chi connectivity index (χ4n) is 4.95. The predicted octanol–water partition coefficient (Wildman–Crippen LogP) is 2.42. The van der Waals surface area contributed by atoms with Crippen molar-refractivity contribution in [1.29, 1.82) is 0 Å². The number of hydrogen-bond acceptors (Lipinski definition) is 5. The molecule has 0 saturated carbocycles. The van der Waals surface area contributed by atoms with E-state index in [0.29, 0.717) is 13.0 Å². The third-order valence-electron chi connectivity index (χ3n) is 6.36. The van der Waals surface area contributed by atoms with E-state index in [9.17, 15) is 4.79 Å². The van der Waals surface area contributed by atoms with E-state index in [1.54, 1.807) is 0 Å². The van der Waals surface area contributed by atoms with Gasteiger partial charge in [0.2, 0.25) is 5.91 Å². The maximum absolute atomic E-state index is 12.8. The molecule has 0 unspecified atom stereocenters. The van der Waals surface area contributed by atoms with Crippen molar-refractivity contribution in [2.24, 2.45) is 0 Å². The molecule has 28 heavy (non-hydrogen) atoms. The van der Waals surface area contributed by atoms with Crippen LogP contribution in [0, 0.1) is 0 Å². The van der Waals surface area contributed by atoms with Crippen LogP contribution in [0.3, 0.4) is 0 Å². The van der Waals surface area contributed by atoms with Gasteiger partial charge >= 0.3 is 0 Å². The van der Waals surface area contributed by atoms with Gasteiger partial charge in [0, 0.05) is 46.2 Å². The Morgan fingerprint density at radius 3 is 2.75 bits per heavy atom. The Bertz CT molecular complexity index is 870. The molecule has 2 aromatic rings. The zero-order valence-electron chi connectivity index (χ0n) is 16.4. The standard InChI is InChI=1S/C22H26N4O2/c1-24(2)20-9-8-16(13-23-20)14-25-11-10-22-19(25)12-21(27)26(22)15-18(28-22)17-6-4-3-5-7-17/h3-9,13,18-19H,10-12,14-15H2,1-2H3/t18-,19-,22+/m1/s1. The second-order valence-electron chi connectivity index (χ2n) is 8.23. The number of ether oxygens (including phenoxy) is 1. The third-order valence-corrected chi connectivity index (χ3v) is 6.36. The van der Waals surface area contributed by atoms with Gasteiger partial charge in [0.1, 0.15) is 11.9 Å². The Kier molecular flexibility index (Phi) is 4.14. The molecule has 6 nitrogen and oxygen atoms in total. The van der Waals surface area contributed by atoms with E-state index >= 15 is 0 Å². The number of pyridine rings is 1. The monoisotopic (exact) mass is 378 g/mol.